The van der Waals surface area contributed by atoms with Gasteiger partial charge in [0.25, 0.3) is 18.1 Å². The minimum atomic E-state index is -4.25. The van der Waals surface area contributed by atoms with Crippen molar-refractivity contribution in [3.05, 3.63) is 17.2 Å². The van der Waals surface area contributed by atoms with Crippen molar-refractivity contribution in [3.63, 3.8) is 0 Å². The summed E-state index contributed by atoms with van der Waals surface area (Å²) in [5.74, 6) is 0. The van der Waals surface area contributed by atoms with Gasteiger partial charge in [-0.05, 0) is 12.1 Å². The summed E-state index contributed by atoms with van der Waals surface area (Å²) >= 11 is 5.55. The normalized spacial score (nSPS) is 12.7. The molecule has 0 unspecified atom stereocenters. The second-order valence-corrected chi connectivity index (χ2v) is 8.11. The monoisotopic (exact) mass is 323 g/mol. The highest BCUT2D eigenvalue weighted by Gasteiger charge is 2.25. The summed E-state index contributed by atoms with van der Waals surface area (Å²) in [4.78, 5) is -1.23. The largest absolute Gasteiger partial charge is 0.396 e. The molecule has 1 aromatic carbocycles. The number of anilines is 1. The van der Waals surface area contributed by atoms with Crippen LogP contribution in [-0.4, -0.2) is 16.8 Å². The maximum atomic E-state index is 11.1. The summed E-state index contributed by atoms with van der Waals surface area (Å²) in [6.07, 6.45) is 0. The highest BCUT2D eigenvalue weighted by atomic mass is 35.7. The van der Waals surface area contributed by atoms with Crippen molar-refractivity contribution in [1.82, 2.24) is 0 Å². The first-order valence-corrected chi connectivity index (χ1v) is 8.52. The molecular formula is C6H4Cl3NO4S2. The molecule has 0 aliphatic rings. The summed E-state index contributed by atoms with van der Waals surface area (Å²) < 4.78 is 44.3. The molecule has 0 amide bonds. The predicted octanol–water partition coefficient (Wildman–Crippen LogP) is 1.78. The van der Waals surface area contributed by atoms with Gasteiger partial charge in [0, 0.05) is 21.4 Å². The molecule has 0 saturated carbocycles. The lowest BCUT2D eigenvalue weighted by Crippen LogP contribution is -2.05. The molecule has 1 aromatic rings. The molecule has 0 radical (unpaired) electrons. The Morgan fingerprint density at radius 2 is 1.50 bits per heavy atom. The SMILES string of the molecule is Nc1c(S(=O)(=O)Cl)ccc(Cl)c1S(=O)(=O)Cl. The molecule has 2 N–H and O–H groups in total. The Labute approximate surface area is 106 Å². The molecule has 0 atom stereocenters. The van der Waals surface area contributed by atoms with Gasteiger partial charge in [0.15, 0.2) is 0 Å². The first-order valence-electron chi connectivity index (χ1n) is 3.52. The Balaban J connectivity index is 3.79. The van der Waals surface area contributed by atoms with Crippen LogP contribution in [-0.2, 0) is 18.1 Å². The maximum Gasteiger partial charge on any atom is 0.264 e. The van der Waals surface area contributed by atoms with Crippen LogP contribution >= 0.6 is 33.0 Å². The highest BCUT2D eigenvalue weighted by molar-refractivity contribution is 8.14. The van der Waals surface area contributed by atoms with Crippen LogP contribution in [0.25, 0.3) is 0 Å². The van der Waals surface area contributed by atoms with Crippen LogP contribution < -0.4 is 5.73 Å². The molecule has 0 spiro atoms. The van der Waals surface area contributed by atoms with Gasteiger partial charge < -0.3 is 5.73 Å². The third-order valence-corrected chi connectivity index (χ3v) is 4.81. The van der Waals surface area contributed by atoms with E-state index in [0.29, 0.717) is 0 Å². The number of nitrogens with two attached hydrogens (primary N) is 1. The van der Waals surface area contributed by atoms with E-state index in [-0.39, 0.29) is 5.02 Å². The first kappa shape index (κ1) is 13.9. The van der Waals surface area contributed by atoms with E-state index in [1.807, 2.05) is 0 Å². The fourth-order valence-corrected chi connectivity index (χ4v) is 3.84. The average molecular weight is 325 g/mol. The Bertz CT molecular complexity index is 638. The number of rotatable bonds is 2. The van der Waals surface area contributed by atoms with Gasteiger partial charge >= 0.3 is 0 Å². The zero-order valence-electron chi connectivity index (χ0n) is 7.32. The van der Waals surface area contributed by atoms with Crippen LogP contribution in [0.3, 0.4) is 0 Å². The van der Waals surface area contributed by atoms with Crippen LogP contribution in [0.2, 0.25) is 5.02 Å². The van der Waals surface area contributed by atoms with Crippen molar-refractivity contribution < 1.29 is 16.8 Å². The Kier molecular flexibility index (Phi) is 3.66. The third-order valence-electron chi connectivity index (χ3n) is 1.61. The fourth-order valence-electron chi connectivity index (χ4n) is 1.02. The molecule has 0 fully saturated rings. The van der Waals surface area contributed by atoms with E-state index in [9.17, 15) is 16.8 Å². The summed E-state index contributed by atoms with van der Waals surface area (Å²) in [6.45, 7) is 0. The van der Waals surface area contributed by atoms with Crippen molar-refractivity contribution in [2.75, 3.05) is 5.73 Å². The number of benzene rings is 1. The molecule has 5 nitrogen and oxygen atoms in total. The quantitative estimate of drug-likeness (QED) is 0.661. The van der Waals surface area contributed by atoms with Gasteiger partial charge in [-0.2, -0.15) is 0 Å². The lowest BCUT2D eigenvalue weighted by atomic mass is 10.3. The summed E-state index contributed by atoms with van der Waals surface area (Å²) in [7, 11) is 1.69. The van der Waals surface area contributed by atoms with E-state index in [4.69, 9.17) is 38.7 Å². The molecular weight excluding hydrogens is 321 g/mol. The zero-order valence-corrected chi connectivity index (χ0v) is 11.2. The van der Waals surface area contributed by atoms with Crippen molar-refractivity contribution in [1.29, 1.82) is 0 Å². The Morgan fingerprint density at radius 3 is 1.88 bits per heavy atom. The molecule has 90 valence electrons. The second kappa shape index (κ2) is 4.23. The van der Waals surface area contributed by atoms with E-state index in [1.165, 1.54) is 0 Å². The first-order chi connectivity index (χ1) is 7.05. The number of hydrogen-bond acceptors (Lipinski definition) is 5. The minimum absolute atomic E-state index is 0.281. The van der Waals surface area contributed by atoms with Crippen molar-refractivity contribution >= 4 is 56.8 Å². The van der Waals surface area contributed by atoms with Gasteiger partial charge in [-0.25, -0.2) is 16.8 Å². The lowest BCUT2D eigenvalue weighted by molar-refractivity contribution is 0.609. The number of nitrogen functional groups attached to an aromatic ring is 1. The van der Waals surface area contributed by atoms with Crippen LogP contribution in [0.15, 0.2) is 21.9 Å². The predicted molar refractivity (Wildman–Crippen MR) is 61.9 cm³/mol. The number of hydrogen-bond donors (Lipinski definition) is 1. The molecule has 0 heterocycles. The van der Waals surface area contributed by atoms with Gasteiger partial charge in [0.2, 0.25) is 0 Å². The van der Waals surface area contributed by atoms with Gasteiger partial charge in [0.05, 0.1) is 10.7 Å². The van der Waals surface area contributed by atoms with Crippen LogP contribution in [0.4, 0.5) is 5.69 Å². The lowest BCUT2D eigenvalue weighted by Gasteiger charge is -2.07. The standard InChI is InChI=1S/C6H4Cl3NO4S2/c7-3-1-2-4(15(8,11)12)5(10)6(3)16(9,13)14/h1-2H,10H2. The molecule has 0 aromatic heterocycles. The van der Waals surface area contributed by atoms with Gasteiger partial charge in [-0.15, -0.1) is 0 Å². The minimum Gasteiger partial charge on any atom is -0.396 e. The Morgan fingerprint density at radius 1 is 1.00 bits per heavy atom. The molecule has 0 bridgehead atoms. The molecule has 0 saturated heterocycles. The van der Waals surface area contributed by atoms with Crippen molar-refractivity contribution in [2.24, 2.45) is 0 Å². The average Bonchev–Trinajstić information content (AvgIpc) is 1.97. The van der Waals surface area contributed by atoms with Crippen molar-refractivity contribution in [2.45, 2.75) is 9.79 Å². The number of halogens is 3. The van der Waals surface area contributed by atoms with E-state index in [0.717, 1.165) is 12.1 Å². The Hall–Kier alpha value is -0.210. The van der Waals surface area contributed by atoms with E-state index >= 15 is 0 Å². The van der Waals surface area contributed by atoms with Crippen LogP contribution in [0.5, 0.6) is 0 Å². The molecule has 16 heavy (non-hydrogen) atoms. The highest BCUT2D eigenvalue weighted by Crippen LogP contribution is 2.35. The fraction of sp³-hybridized carbons (Fsp3) is 0. The molecule has 0 aliphatic heterocycles. The summed E-state index contributed by atoms with van der Waals surface area (Å²) in [5.41, 5.74) is 4.75. The summed E-state index contributed by atoms with van der Waals surface area (Å²) in [6, 6.07) is 2.02. The molecule has 1 rings (SSSR count). The maximum absolute atomic E-state index is 11.1. The van der Waals surface area contributed by atoms with E-state index in [2.05, 4.69) is 0 Å². The van der Waals surface area contributed by atoms with Crippen LogP contribution in [0.1, 0.15) is 0 Å². The smallest absolute Gasteiger partial charge is 0.264 e. The topological polar surface area (TPSA) is 94.3 Å². The van der Waals surface area contributed by atoms with E-state index < -0.39 is 33.6 Å². The second-order valence-electron chi connectivity index (χ2n) is 2.66. The summed E-state index contributed by atoms with van der Waals surface area (Å²) in [5, 5.41) is -0.281. The van der Waals surface area contributed by atoms with Gasteiger partial charge in [-0.1, -0.05) is 11.6 Å². The van der Waals surface area contributed by atoms with Gasteiger partial charge in [-0.3, -0.25) is 0 Å². The van der Waals surface area contributed by atoms with Crippen molar-refractivity contribution in [3.8, 4) is 0 Å². The van der Waals surface area contributed by atoms with Gasteiger partial charge in [0.1, 0.15) is 9.79 Å². The molecule has 10 heteroatoms. The zero-order chi connectivity index (χ0) is 12.7. The third kappa shape index (κ3) is 2.72. The molecule has 0 aliphatic carbocycles. The van der Waals surface area contributed by atoms with Crippen LogP contribution in [0, 0.1) is 0 Å². The van der Waals surface area contributed by atoms with E-state index in [1.54, 1.807) is 0 Å².